The van der Waals surface area contributed by atoms with E-state index in [1.165, 1.54) is 24.3 Å². The number of benzene rings is 3. The Morgan fingerprint density at radius 2 is 1.69 bits per heavy atom. The Labute approximate surface area is 181 Å². The summed E-state index contributed by atoms with van der Waals surface area (Å²) in [5.74, 6) is 0.849. The number of aromatic nitrogens is 1. The Morgan fingerprint density at radius 3 is 2.47 bits per heavy atom. The predicted molar refractivity (Wildman–Crippen MR) is 117 cm³/mol. The van der Waals surface area contributed by atoms with E-state index in [4.69, 9.17) is 4.74 Å². The van der Waals surface area contributed by atoms with Crippen LogP contribution < -0.4 is 14.8 Å². The van der Waals surface area contributed by atoms with Gasteiger partial charge in [0.15, 0.2) is 5.75 Å². The number of nitrogens with one attached hydrogen (secondary N) is 1. The molecule has 0 unspecified atom stereocenters. The topological polar surface area (TPSA) is 55.7 Å². The first-order chi connectivity index (χ1) is 15.3. The number of hydrogen-bond donors (Lipinski definition) is 1. The molecule has 1 aliphatic heterocycles. The number of rotatable bonds is 3. The van der Waals surface area contributed by atoms with Crippen LogP contribution in [0.15, 0.2) is 71.7 Å². The SMILES string of the molecule is Cc1ccc2c(c1)N=Cc1cc3cc(Nc4ccc(OC(F)(F)F)cc4)ccc3nc1O2. The molecule has 0 saturated carbocycles. The van der Waals surface area contributed by atoms with Crippen molar-refractivity contribution in [3.05, 3.63) is 77.9 Å². The molecule has 160 valence electrons. The van der Waals surface area contributed by atoms with Crippen LogP contribution in [-0.4, -0.2) is 17.6 Å². The van der Waals surface area contributed by atoms with Crippen molar-refractivity contribution >= 4 is 34.2 Å². The maximum Gasteiger partial charge on any atom is 0.573 e. The molecular formula is C24H16F3N3O2. The first-order valence-electron chi connectivity index (χ1n) is 9.73. The van der Waals surface area contributed by atoms with Gasteiger partial charge in [-0.1, -0.05) is 6.07 Å². The molecule has 32 heavy (non-hydrogen) atoms. The van der Waals surface area contributed by atoms with Crippen LogP contribution in [0.3, 0.4) is 0 Å². The highest BCUT2D eigenvalue weighted by molar-refractivity contribution is 5.94. The molecule has 1 aromatic heterocycles. The largest absolute Gasteiger partial charge is 0.573 e. The molecule has 0 amide bonds. The van der Waals surface area contributed by atoms with E-state index < -0.39 is 6.36 Å². The molecular weight excluding hydrogens is 419 g/mol. The van der Waals surface area contributed by atoms with Crippen molar-refractivity contribution in [1.29, 1.82) is 0 Å². The first kappa shape index (κ1) is 19.9. The van der Waals surface area contributed by atoms with Crippen molar-refractivity contribution in [3.63, 3.8) is 0 Å². The molecule has 1 N–H and O–H groups in total. The van der Waals surface area contributed by atoms with E-state index in [0.29, 0.717) is 17.3 Å². The van der Waals surface area contributed by atoms with E-state index in [1.54, 1.807) is 6.21 Å². The van der Waals surface area contributed by atoms with E-state index in [1.807, 2.05) is 49.4 Å². The van der Waals surface area contributed by atoms with E-state index in [9.17, 15) is 13.2 Å². The van der Waals surface area contributed by atoms with Gasteiger partial charge in [-0.3, -0.25) is 4.99 Å². The molecule has 8 heteroatoms. The van der Waals surface area contributed by atoms with Gasteiger partial charge in [0.1, 0.15) is 11.4 Å². The Bertz CT molecular complexity index is 1350. The molecule has 4 aromatic rings. The minimum Gasteiger partial charge on any atom is -0.436 e. The smallest absolute Gasteiger partial charge is 0.436 e. The second kappa shape index (κ2) is 7.56. The average Bonchev–Trinajstić information content (AvgIpc) is 2.91. The molecule has 1 aliphatic rings. The van der Waals surface area contributed by atoms with Crippen molar-refractivity contribution in [2.24, 2.45) is 4.99 Å². The lowest BCUT2D eigenvalue weighted by Crippen LogP contribution is -2.16. The number of anilines is 2. The summed E-state index contributed by atoms with van der Waals surface area (Å²) in [6.07, 6.45) is -2.99. The third kappa shape index (κ3) is 4.20. The fraction of sp³-hybridized carbons (Fsp3) is 0.0833. The second-order valence-electron chi connectivity index (χ2n) is 7.32. The van der Waals surface area contributed by atoms with Gasteiger partial charge in [0.05, 0.1) is 11.1 Å². The van der Waals surface area contributed by atoms with Crippen molar-refractivity contribution < 1.29 is 22.6 Å². The van der Waals surface area contributed by atoms with Crippen molar-refractivity contribution in [1.82, 2.24) is 4.98 Å². The van der Waals surface area contributed by atoms with E-state index >= 15 is 0 Å². The minimum atomic E-state index is -4.72. The molecule has 0 saturated heterocycles. The molecule has 5 nitrogen and oxygen atoms in total. The van der Waals surface area contributed by atoms with Gasteiger partial charge in [0.25, 0.3) is 0 Å². The van der Waals surface area contributed by atoms with Crippen molar-refractivity contribution in [3.8, 4) is 17.4 Å². The Balaban J connectivity index is 1.41. The summed E-state index contributed by atoms with van der Waals surface area (Å²) >= 11 is 0. The summed E-state index contributed by atoms with van der Waals surface area (Å²) in [5.41, 5.74) is 4.70. The lowest BCUT2D eigenvalue weighted by atomic mass is 10.1. The molecule has 2 heterocycles. The van der Waals surface area contributed by atoms with Crippen LogP contribution in [0, 0.1) is 6.92 Å². The average molecular weight is 435 g/mol. The Hall–Kier alpha value is -4.07. The maximum atomic E-state index is 12.3. The number of hydrogen-bond acceptors (Lipinski definition) is 5. The van der Waals surface area contributed by atoms with Crippen molar-refractivity contribution in [2.45, 2.75) is 13.3 Å². The van der Waals surface area contributed by atoms with Gasteiger partial charge in [-0.25, -0.2) is 4.98 Å². The number of aryl methyl sites for hydroxylation is 1. The standard InChI is InChI=1S/C24H16F3N3O2/c1-14-2-9-22-21(10-14)28-13-16-11-15-12-18(5-8-20(15)30-23(16)31-22)29-17-3-6-19(7-4-17)32-24(25,26)27/h2-13,29H,1H3. The monoisotopic (exact) mass is 435 g/mol. The fourth-order valence-corrected chi connectivity index (χ4v) is 3.39. The van der Waals surface area contributed by atoms with Crippen molar-refractivity contribution in [2.75, 3.05) is 5.32 Å². The molecule has 5 rings (SSSR count). The van der Waals surface area contributed by atoms with Crippen LogP contribution in [0.1, 0.15) is 11.1 Å². The van der Waals surface area contributed by atoms with Gasteiger partial charge in [-0.15, -0.1) is 13.2 Å². The number of nitrogens with zero attached hydrogens (tertiary/aromatic N) is 2. The molecule has 0 aliphatic carbocycles. The van der Waals surface area contributed by atoms with E-state index in [-0.39, 0.29) is 5.75 Å². The highest BCUT2D eigenvalue weighted by Gasteiger charge is 2.30. The van der Waals surface area contributed by atoms with Crippen LogP contribution in [0.4, 0.5) is 30.2 Å². The summed E-state index contributed by atoms with van der Waals surface area (Å²) in [7, 11) is 0. The maximum absolute atomic E-state index is 12.3. The molecule has 0 fully saturated rings. The van der Waals surface area contributed by atoms with Gasteiger partial charge in [0, 0.05) is 23.0 Å². The van der Waals surface area contributed by atoms with Gasteiger partial charge in [-0.05, 0) is 73.2 Å². The highest BCUT2D eigenvalue weighted by atomic mass is 19.4. The summed E-state index contributed by atoms with van der Waals surface area (Å²) in [4.78, 5) is 9.15. The number of halogens is 3. The number of alkyl halides is 3. The molecule has 0 radical (unpaired) electrons. The van der Waals surface area contributed by atoms with Crippen LogP contribution >= 0.6 is 0 Å². The fourth-order valence-electron chi connectivity index (χ4n) is 3.39. The first-order valence-corrected chi connectivity index (χ1v) is 9.73. The zero-order valence-corrected chi connectivity index (χ0v) is 16.8. The van der Waals surface area contributed by atoms with Gasteiger partial charge in [-0.2, -0.15) is 0 Å². The van der Waals surface area contributed by atoms with Crippen LogP contribution in [0.2, 0.25) is 0 Å². The summed E-state index contributed by atoms with van der Waals surface area (Å²) in [6.45, 7) is 1.99. The quantitative estimate of drug-likeness (QED) is 0.330. The number of ether oxygens (including phenoxy) is 2. The summed E-state index contributed by atoms with van der Waals surface area (Å²) < 4.78 is 46.8. The van der Waals surface area contributed by atoms with E-state index in [0.717, 1.165) is 33.4 Å². The normalized spacial score (nSPS) is 12.5. The highest BCUT2D eigenvalue weighted by Crippen LogP contribution is 2.37. The van der Waals surface area contributed by atoms with Crippen LogP contribution in [0.25, 0.3) is 10.9 Å². The number of pyridine rings is 1. The van der Waals surface area contributed by atoms with Crippen LogP contribution in [0.5, 0.6) is 17.4 Å². The third-order valence-corrected chi connectivity index (χ3v) is 4.85. The number of fused-ring (bicyclic) bond motifs is 3. The zero-order valence-electron chi connectivity index (χ0n) is 16.8. The Kier molecular flexibility index (Phi) is 4.70. The second-order valence-corrected chi connectivity index (χ2v) is 7.32. The van der Waals surface area contributed by atoms with Crippen LogP contribution in [-0.2, 0) is 0 Å². The third-order valence-electron chi connectivity index (χ3n) is 4.85. The van der Waals surface area contributed by atoms with Gasteiger partial charge >= 0.3 is 6.36 Å². The molecule has 3 aromatic carbocycles. The molecule has 0 bridgehead atoms. The van der Waals surface area contributed by atoms with Gasteiger partial charge in [0.2, 0.25) is 5.88 Å². The zero-order chi connectivity index (χ0) is 22.3. The molecule has 0 atom stereocenters. The Morgan fingerprint density at radius 1 is 0.906 bits per heavy atom. The summed E-state index contributed by atoms with van der Waals surface area (Å²) in [6, 6.07) is 18.8. The molecule has 0 spiro atoms. The van der Waals surface area contributed by atoms with Gasteiger partial charge < -0.3 is 14.8 Å². The van der Waals surface area contributed by atoms with E-state index in [2.05, 4.69) is 20.0 Å². The predicted octanol–water partition coefficient (Wildman–Crippen LogP) is 7.04. The summed E-state index contributed by atoms with van der Waals surface area (Å²) in [5, 5.41) is 4.03. The lowest BCUT2D eigenvalue weighted by Gasteiger charge is -2.12. The number of aliphatic imine (C=N–C) groups is 1. The minimum absolute atomic E-state index is 0.274. The lowest BCUT2D eigenvalue weighted by molar-refractivity contribution is -0.274.